The van der Waals surface area contributed by atoms with Crippen molar-refractivity contribution in [2.24, 2.45) is 0 Å². The van der Waals surface area contributed by atoms with Gasteiger partial charge in [-0.05, 0) is 35.9 Å². The first-order chi connectivity index (χ1) is 11.9. The van der Waals surface area contributed by atoms with Crippen LogP contribution in [0.5, 0.6) is 0 Å². The molecule has 128 valence electrons. The van der Waals surface area contributed by atoms with E-state index < -0.39 is 5.82 Å². The van der Waals surface area contributed by atoms with Gasteiger partial charge in [0.05, 0.1) is 22.3 Å². The van der Waals surface area contributed by atoms with Crippen molar-refractivity contribution in [3.63, 3.8) is 0 Å². The van der Waals surface area contributed by atoms with Crippen molar-refractivity contribution in [3.05, 3.63) is 74.5 Å². The van der Waals surface area contributed by atoms with E-state index in [0.29, 0.717) is 21.5 Å². The second-order valence-electron chi connectivity index (χ2n) is 5.36. The number of aromatic nitrogens is 2. The van der Waals surface area contributed by atoms with Gasteiger partial charge in [0, 0.05) is 11.6 Å². The van der Waals surface area contributed by atoms with E-state index in [0.717, 1.165) is 0 Å². The number of amides is 1. The van der Waals surface area contributed by atoms with Gasteiger partial charge in [-0.2, -0.15) is 0 Å². The molecule has 3 rings (SSSR count). The van der Waals surface area contributed by atoms with Gasteiger partial charge in [0.2, 0.25) is 5.91 Å². The fourth-order valence-corrected chi connectivity index (χ4v) is 2.68. The highest BCUT2D eigenvalue weighted by molar-refractivity contribution is 6.31. The average Bonchev–Trinajstić information content (AvgIpc) is 2.59. The van der Waals surface area contributed by atoms with Gasteiger partial charge in [-0.15, -0.1) is 0 Å². The van der Waals surface area contributed by atoms with Crippen LogP contribution in [0.15, 0.2) is 47.5 Å². The molecule has 0 saturated heterocycles. The van der Waals surface area contributed by atoms with E-state index in [-0.39, 0.29) is 29.6 Å². The van der Waals surface area contributed by atoms with E-state index in [1.54, 1.807) is 12.1 Å². The topological polar surface area (TPSA) is 64.0 Å². The predicted octanol–water partition coefficient (Wildman–Crippen LogP) is 3.16. The second-order valence-corrected chi connectivity index (χ2v) is 6.21. The van der Waals surface area contributed by atoms with Gasteiger partial charge in [0.1, 0.15) is 12.4 Å². The van der Waals surface area contributed by atoms with Crippen molar-refractivity contribution in [1.29, 1.82) is 0 Å². The van der Waals surface area contributed by atoms with Crippen LogP contribution in [0, 0.1) is 5.82 Å². The molecule has 25 heavy (non-hydrogen) atoms. The standard InChI is InChI=1S/C17H12Cl2FN3O2/c18-11-2-4-15-12(6-11)17(25)23(9-22-15)8-16(24)21-7-10-1-3-14(20)13(19)5-10/h1-6,9H,7-8H2,(H,21,24). The summed E-state index contributed by atoms with van der Waals surface area (Å²) in [6, 6.07) is 8.98. The summed E-state index contributed by atoms with van der Waals surface area (Å²) in [6.07, 6.45) is 1.31. The maximum Gasteiger partial charge on any atom is 0.261 e. The van der Waals surface area contributed by atoms with Gasteiger partial charge in [-0.3, -0.25) is 14.2 Å². The molecule has 0 unspecified atom stereocenters. The molecule has 1 N–H and O–H groups in total. The zero-order valence-corrected chi connectivity index (χ0v) is 14.3. The van der Waals surface area contributed by atoms with Crippen LogP contribution in [-0.2, 0) is 17.9 Å². The lowest BCUT2D eigenvalue weighted by molar-refractivity contribution is -0.121. The van der Waals surface area contributed by atoms with E-state index in [1.807, 2.05) is 0 Å². The minimum atomic E-state index is -0.524. The molecule has 1 amide bonds. The molecular formula is C17H12Cl2FN3O2. The minimum Gasteiger partial charge on any atom is -0.350 e. The molecular weight excluding hydrogens is 368 g/mol. The second kappa shape index (κ2) is 7.21. The average molecular weight is 380 g/mol. The first-order valence-electron chi connectivity index (χ1n) is 7.29. The quantitative estimate of drug-likeness (QED) is 0.757. The summed E-state index contributed by atoms with van der Waals surface area (Å²) in [4.78, 5) is 28.6. The molecule has 0 aliphatic rings. The molecule has 0 saturated carbocycles. The van der Waals surface area contributed by atoms with E-state index in [2.05, 4.69) is 10.3 Å². The monoisotopic (exact) mass is 379 g/mol. The third-order valence-corrected chi connectivity index (χ3v) is 4.10. The molecule has 5 nitrogen and oxygen atoms in total. The molecule has 0 aliphatic carbocycles. The van der Waals surface area contributed by atoms with Gasteiger partial charge < -0.3 is 5.32 Å². The summed E-state index contributed by atoms with van der Waals surface area (Å²) in [6.45, 7) is -0.0242. The number of carbonyl (C=O) groups is 1. The summed E-state index contributed by atoms with van der Waals surface area (Å²) in [5, 5.41) is 3.39. The number of halogens is 3. The van der Waals surface area contributed by atoms with Crippen molar-refractivity contribution in [3.8, 4) is 0 Å². The predicted molar refractivity (Wildman–Crippen MR) is 94.3 cm³/mol. The maximum absolute atomic E-state index is 13.1. The SMILES string of the molecule is O=C(Cn1cnc2ccc(Cl)cc2c1=O)NCc1ccc(F)c(Cl)c1. The number of nitrogens with one attached hydrogen (secondary N) is 1. The summed E-state index contributed by atoms with van der Waals surface area (Å²) in [5.41, 5.74) is 0.801. The number of nitrogens with zero attached hydrogens (tertiary/aromatic N) is 2. The normalized spacial score (nSPS) is 10.8. The summed E-state index contributed by atoms with van der Waals surface area (Å²) in [7, 11) is 0. The highest BCUT2D eigenvalue weighted by atomic mass is 35.5. The number of hydrogen-bond acceptors (Lipinski definition) is 3. The van der Waals surface area contributed by atoms with Crippen molar-refractivity contribution in [2.45, 2.75) is 13.1 Å². The number of fused-ring (bicyclic) bond motifs is 1. The molecule has 2 aromatic carbocycles. The van der Waals surface area contributed by atoms with E-state index in [1.165, 1.54) is 35.2 Å². The number of carbonyl (C=O) groups excluding carboxylic acids is 1. The Morgan fingerprint density at radius 2 is 2.00 bits per heavy atom. The summed E-state index contributed by atoms with van der Waals surface area (Å²) < 4.78 is 14.3. The van der Waals surface area contributed by atoms with Crippen LogP contribution in [0.4, 0.5) is 4.39 Å². The molecule has 0 bridgehead atoms. The van der Waals surface area contributed by atoms with Gasteiger partial charge in [-0.25, -0.2) is 9.37 Å². The molecule has 1 aromatic heterocycles. The van der Waals surface area contributed by atoms with Crippen LogP contribution >= 0.6 is 23.2 Å². The fourth-order valence-electron chi connectivity index (χ4n) is 2.30. The van der Waals surface area contributed by atoms with Crippen LogP contribution in [0.3, 0.4) is 0 Å². The molecule has 1 heterocycles. The van der Waals surface area contributed by atoms with Crippen LogP contribution in [0.2, 0.25) is 10.0 Å². The van der Waals surface area contributed by atoms with Gasteiger partial charge in [0.25, 0.3) is 5.56 Å². The van der Waals surface area contributed by atoms with Gasteiger partial charge >= 0.3 is 0 Å². The Hall–Kier alpha value is -2.44. The Kier molecular flexibility index (Phi) is 5.01. The lowest BCUT2D eigenvalue weighted by atomic mass is 10.2. The molecule has 0 spiro atoms. The first-order valence-corrected chi connectivity index (χ1v) is 8.05. The highest BCUT2D eigenvalue weighted by Gasteiger charge is 2.09. The third-order valence-electron chi connectivity index (χ3n) is 3.57. The molecule has 3 aromatic rings. The number of rotatable bonds is 4. The largest absolute Gasteiger partial charge is 0.350 e. The van der Waals surface area contributed by atoms with Gasteiger partial charge in [-0.1, -0.05) is 29.3 Å². The van der Waals surface area contributed by atoms with Crippen molar-refractivity contribution in [1.82, 2.24) is 14.9 Å². The zero-order valence-electron chi connectivity index (χ0n) is 12.8. The lowest BCUT2D eigenvalue weighted by Gasteiger charge is -2.08. The minimum absolute atomic E-state index is 0.0152. The Bertz CT molecular complexity index is 1020. The molecule has 0 fully saturated rings. The third kappa shape index (κ3) is 3.97. The van der Waals surface area contributed by atoms with Crippen molar-refractivity contribution < 1.29 is 9.18 Å². The number of hydrogen-bond donors (Lipinski definition) is 1. The summed E-state index contributed by atoms with van der Waals surface area (Å²) >= 11 is 11.6. The zero-order chi connectivity index (χ0) is 18.0. The molecule has 0 atom stereocenters. The maximum atomic E-state index is 13.1. The van der Waals surface area contributed by atoms with Crippen LogP contribution in [0.25, 0.3) is 10.9 Å². The number of benzene rings is 2. The molecule has 0 radical (unpaired) electrons. The fraction of sp³-hybridized carbons (Fsp3) is 0.118. The van der Waals surface area contributed by atoms with E-state index in [9.17, 15) is 14.0 Å². The van der Waals surface area contributed by atoms with Crippen LogP contribution in [0.1, 0.15) is 5.56 Å². The smallest absolute Gasteiger partial charge is 0.261 e. The van der Waals surface area contributed by atoms with Crippen LogP contribution in [-0.4, -0.2) is 15.5 Å². The van der Waals surface area contributed by atoms with Gasteiger partial charge in [0.15, 0.2) is 0 Å². The lowest BCUT2D eigenvalue weighted by Crippen LogP contribution is -2.32. The Balaban J connectivity index is 1.72. The Morgan fingerprint density at radius 3 is 2.76 bits per heavy atom. The van der Waals surface area contributed by atoms with Crippen molar-refractivity contribution in [2.75, 3.05) is 0 Å². The van der Waals surface area contributed by atoms with Crippen molar-refractivity contribution >= 4 is 40.0 Å². The molecule has 0 aliphatic heterocycles. The van der Waals surface area contributed by atoms with E-state index >= 15 is 0 Å². The van der Waals surface area contributed by atoms with E-state index in [4.69, 9.17) is 23.2 Å². The van der Waals surface area contributed by atoms with Crippen LogP contribution < -0.4 is 10.9 Å². The summed E-state index contributed by atoms with van der Waals surface area (Å²) in [5.74, 6) is -0.907. The molecule has 8 heteroatoms. The first kappa shape index (κ1) is 17.4. The Morgan fingerprint density at radius 1 is 1.20 bits per heavy atom. The Labute approximate surface area is 152 Å². The highest BCUT2D eigenvalue weighted by Crippen LogP contribution is 2.16.